The highest BCUT2D eigenvalue weighted by atomic mass is 32.2. The highest BCUT2D eigenvalue weighted by Gasteiger charge is 1.94. The molecule has 0 aliphatic rings. The summed E-state index contributed by atoms with van der Waals surface area (Å²) in [5, 5.41) is 0. The zero-order valence-electron chi connectivity index (χ0n) is 7.23. The van der Waals surface area contributed by atoms with Crippen LogP contribution in [0.15, 0.2) is 24.3 Å². The van der Waals surface area contributed by atoms with Gasteiger partial charge in [-0.3, -0.25) is 0 Å². The molecule has 0 aliphatic heterocycles. The fourth-order valence-corrected chi connectivity index (χ4v) is 1.46. The van der Waals surface area contributed by atoms with Gasteiger partial charge in [-0.05, 0) is 30.5 Å². The number of anilines is 1. The van der Waals surface area contributed by atoms with Crippen LogP contribution in [-0.2, 0) is 17.1 Å². The molecule has 1 aromatic carbocycles. The number of hydrogen-bond acceptors (Lipinski definition) is 3. The minimum atomic E-state index is -1.92. The number of nitrogen functional groups attached to an aromatic ring is 1. The van der Waals surface area contributed by atoms with Crippen LogP contribution in [0.25, 0.3) is 0 Å². The Morgan fingerprint density at radius 1 is 1.15 bits per heavy atom. The van der Waals surface area contributed by atoms with Crippen molar-refractivity contribution in [3.05, 3.63) is 29.8 Å². The first-order valence-corrected chi connectivity index (χ1v) is 5.33. The van der Waals surface area contributed by atoms with Crippen molar-refractivity contribution in [3.8, 4) is 0 Å². The third kappa shape index (κ3) is 3.85. The third-order valence-corrected chi connectivity index (χ3v) is 2.38. The van der Waals surface area contributed by atoms with Crippen molar-refractivity contribution in [2.75, 3.05) is 11.5 Å². The summed E-state index contributed by atoms with van der Waals surface area (Å²) in [6, 6.07) is 7.49. The molecule has 71 valence electrons. The fourth-order valence-electron chi connectivity index (χ4n) is 1.08. The van der Waals surface area contributed by atoms with Crippen LogP contribution in [0.5, 0.6) is 0 Å². The quantitative estimate of drug-likeness (QED) is 0.736. The average molecular weight is 198 g/mol. The highest BCUT2D eigenvalue weighted by Crippen LogP contribution is 2.07. The molecule has 0 aliphatic carbocycles. The second-order valence-electron chi connectivity index (χ2n) is 2.85. The molecule has 0 amide bonds. The summed E-state index contributed by atoms with van der Waals surface area (Å²) in [4.78, 5) is 0. The first kappa shape index (κ1) is 9.92. The van der Waals surface area contributed by atoms with Gasteiger partial charge in [0.25, 0.3) is 0 Å². The topological polar surface area (TPSA) is 60.2 Å². The molecule has 2 N–H and O–H groups in total. The molecule has 1 aromatic rings. The van der Waals surface area contributed by atoms with Gasteiger partial charge in [0, 0.05) is 5.69 Å². The van der Waals surface area contributed by atoms with Crippen LogP contribution < -0.4 is 5.73 Å². The Hall–Kier alpha value is -1.16. The van der Waals surface area contributed by atoms with E-state index in [2.05, 4.69) is 0 Å². The van der Waals surface area contributed by atoms with Crippen molar-refractivity contribution in [3.63, 3.8) is 0 Å². The first-order valence-electron chi connectivity index (χ1n) is 4.09. The predicted octanol–water partition coefficient (Wildman–Crippen LogP) is 1.08. The third-order valence-electron chi connectivity index (χ3n) is 1.76. The van der Waals surface area contributed by atoms with Crippen molar-refractivity contribution in [1.82, 2.24) is 0 Å². The minimum absolute atomic E-state index is 0.227. The Balaban J connectivity index is 2.41. The molecular formula is C9H12NO2S. The number of benzene rings is 1. The van der Waals surface area contributed by atoms with Crippen molar-refractivity contribution in [1.29, 1.82) is 0 Å². The molecule has 0 bridgehead atoms. The largest absolute Gasteiger partial charge is 0.399 e. The minimum Gasteiger partial charge on any atom is -0.399 e. The summed E-state index contributed by atoms with van der Waals surface area (Å²) in [5.74, 6) is 0.227. The van der Waals surface area contributed by atoms with Crippen molar-refractivity contribution >= 4 is 16.4 Å². The molecule has 0 aromatic heterocycles. The first-order chi connectivity index (χ1) is 6.18. The van der Waals surface area contributed by atoms with Crippen LogP contribution in [0, 0.1) is 0 Å². The van der Waals surface area contributed by atoms with Crippen molar-refractivity contribution in [2.24, 2.45) is 0 Å². The Labute approximate surface area is 79.5 Å². The summed E-state index contributed by atoms with van der Waals surface area (Å²) >= 11 is 0. The van der Waals surface area contributed by atoms with Gasteiger partial charge in [-0.25, -0.2) is 0 Å². The van der Waals surface area contributed by atoms with E-state index in [1.807, 2.05) is 24.3 Å². The molecular weight excluding hydrogens is 186 g/mol. The van der Waals surface area contributed by atoms with Gasteiger partial charge in [-0.1, -0.05) is 12.1 Å². The molecule has 3 nitrogen and oxygen atoms in total. The maximum atomic E-state index is 10.2. The van der Waals surface area contributed by atoms with Gasteiger partial charge < -0.3 is 5.73 Å². The number of rotatable bonds is 4. The second kappa shape index (κ2) is 4.77. The van der Waals surface area contributed by atoms with Gasteiger partial charge in [0.05, 0.1) is 5.75 Å². The molecule has 0 saturated carbocycles. The van der Waals surface area contributed by atoms with Gasteiger partial charge in [0.1, 0.15) is 0 Å². The van der Waals surface area contributed by atoms with Crippen LogP contribution in [0.1, 0.15) is 12.0 Å². The molecule has 1 radical (unpaired) electrons. The SMILES string of the molecule is Nc1ccc(CCC[S](=O)=O)cc1. The molecule has 4 heteroatoms. The molecule has 0 heterocycles. The Kier molecular flexibility index (Phi) is 3.64. The van der Waals surface area contributed by atoms with Crippen LogP contribution in [0.3, 0.4) is 0 Å². The lowest BCUT2D eigenvalue weighted by atomic mass is 10.1. The molecule has 0 fully saturated rings. The number of aryl methyl sites for hydroxylation is 1. The van der Waals surface area contributed by atoms with E-state index in [1.54, 1.807) is 0 Å². The standard InChI is InChI=1S/C9H12NO2S/c10-9-5-3-8(4-6-9)2-1-7-13(11)12/h3-6H,1-2,7,10H2. The monoisotopic (exact) mass is 198 g/mol. The highest BCUT2D eigenvalue weighted by molar-refractivity contribution is 7.72. The van der Waals surface area contributed by atoms with Crippen LogP contribution in [0.4, 0.5) is 5.69 Å². The lowest BCUT2D eigenvalue weighted by Crippen LogP contribution is -1.92. The zero-order valence-corrected chi connectivity index (χ0v) is 8.05. The summed E-state index contributed by atoms with van der Waals surface area (Å²) < 4.78 is 20.4. The van der Waals surface area contributed by atoms with E-state index in [9.17, 15) is 8.42 Å². The summed E-state index contributed by atoms with van der Waals surface area (Å²) in [6.45, 7) is 0. The molecule has 13 heavy (non-hydrogen) atoms. The van der Waals surface area contributed by atoms with E-state index >= 15 is 0 Å². The molecule has 0 saturated heterocycles. The van der Waals surface area contributed by atoms with Gasteiger partial charge in [-0.15, -0.1) is 0 Å². The smallest absolute Gasteiger partial charge is 0.187 e. The van der Waals surface area contributed by atoms with Gasteiger partial charge in [0.15, 0.2) is 10.7 Å². The molecule has 0 spiro atoms. The van der Waals surface area contributed by atoms with E-state index in [0.717, 1.165) is 17.7 Å². The zero-order chi connectivity index (χ0) is 9.68. The van der Waals surface area contributed by atoms with Gasteiger partial charge >= 0.3 is 0 Å². The summed E-state index contributed by atoms with van der Waals surface area (Å²) in [5.41, 5.74) is 7.36. The van der Waals surface area contributed by atoms with E-state index in [0.29, 0.717) is 6.42 Å². The number of hydrogen-bond donors (Lipinski definition) is 1. The molecule has 1 rings (SSSR count). The van der Waals surface area contributed by atoms with Crippen LogP contribution in [0.2, 0.25) is 0 Å². The van der Waals surface area contributed by atoms with Gasteiger partial charge in [-0.2, -0.15) is 8.42 Å². The van der Waals surface area contributed by atoms with E-state index in [-0.39, 0.29) is 5.75 Å². The fraction of sp³-hybridized carbons (Fsp3) is 0.333. The maximum Gasteiger partial charge on any atom is 0.187 e. The predicted molar refractivity (Wildman–Crippen MR) is 53.0 cm³/mol. The van der Waals surface area contributed by atoms with E-state index < -0.39 is 10.7 Å². The van der Waals surface area contributed by atoms with E-state index in [1.165, 1.54) is 0 Å². The Bertz CT molecular complexity index is 322. The number of nitrogens with two attached hydrogens (primary N) is 1. The van der Waals surface area contributed by atoms with Crippen LogP contribution in [-0.4, -0.2) is 14.2 Å². The Morgan fingerprint density at radius 3 is 2.31 bits per heavy atom. The maximum absolute atomic E-state index is 10.2. The lowest BCUT2D eigenvalue weighted by Gasteiger charge is -1.98. The summed E-state index contributed by atoms with van der Waals surface area (Å²) in [6.07, 6.45) is 1.45. The molecule has 0 atom stereocenters. The normalized spacial score (nSPS) is 9.85. The second-order valence-corrected chi connectivity index (χ2v) is 3.87. The van der Waals surface area contributed by atoms with Gasteiger partial charge in [0.2, 0.25) is 0 Å². The average Bonchev–Trinajstić information content (AvgIpc) is 2.08. The lowest BCUT2D eigenvalue weighted by molar-refractivity contribution is 0.612. The van der Waals surface area contributed by atoms with Crippen molar-refractivity contribution < 1.29 is 8.42 Å². The summed E-state index contributed by atoms with van der Waals surface area (Å²) in [7, 11) is -1.92. The molecule has 0 unspecified atom stereocenters. The Morgan fingerprint density at radius 2 is 1.77 bits per heavy atom. The van der Waals surface area contributed by atoms with E-state index in [4.69, 9.17) is 5.73 Å². The van der Waals surface area contributed by atoms with Crippen LogP contribution >= 0.6 is 0 Å². The van der Waals surface area contributed by atoms with Crippen molar-refractivity contribution in [2.45, 2.75) is 12.8 Å².